The number of thiazole rings is 1. The summed E-state index contributed by atoms with van der Waals surface area (Å²) in [5, 5.41) is 8.23. The standard InChI is InChI=1S/C19H24N4O2S/c1-23(2)16-10-6-9-15(16)21-17(24)11-14-12-26-19(20-14)22-18(25)13-7-4-3-5-8-13/h3-5,7-8,12,15-16H,6,9-11H2,1-2H3,(H,21,24)(H,20,22,25)/t15-,16-/m0/s1. The van der Waals surface area contributed by atoms with Gasteiger partial charge in [0, 0.05) is 23.0 Å². The topological polar surface area (TPSA) is 74.3 Å². The summed E-state index contributed by atoms with van der Waals surface area (Å²) in [5.41, 5.74) is 1.26. The number of hydrogen-bond acceptors (Lipinski definition) is 5. The lowest BCUT2D eigenvalue weighted by atomic mass is 10.1. The SMILES string of the molecule is CN(C)[C@H]1CCC[C@@H]1NC(=O)Cc1csc(NC(=O)c2ccccc2)n1. The summed E-state index contributed by atoms with van der Waals surface area (Å²) in [6, 6.07) is 9.60. The van der Waals surface area contributed by atoms with Gasteiger partial charge in [-0.25, -0.2) is 4.98 Å². The molecule has 26 heavy (non-hydrogen) atoms. The van der Waals surface area contributed by atoms with Gasteiger partial charge in [0.05, 0.1) is 12.1 Å². The highest BCUT2D eigenvalue weighted by Crippen LogP contribution is 2.23. The largest absolute Gasteiger partial charge is 0.351 e. The predicted molar refractivity (Wildman–Crippen MR) is 103 cm³/mol. The first-order chi connectivity index (χ1) is 12.5. The Bertz CT molecular complexity index is 760. The first-order valence-corrected chi connectivity index (χ1v) is 9.67. The summed E-state index contributed by atoms with van der Waals surface area (Å²) in [6.07, 6.45) is 3.50. The van der Waals surface area contributed by atoms with Crippen LogP contribution in [0.15, 0.2) is 35.7 Å². The summed E-state index contributed by atoms with van der Waals surface area (Å²) in [4.78, 5) is 31.0. The van der Waals surface area contributed by atoms with E-state index < -0.39 is 0 Å². The van der Waals surface area contributed by atoms with Crippen molar-refractivity contribution in [2.24, 2.45) is 0 Å². The van der Waals surface area contributed by atoms with Gasteiger partial charge in [-0.3, -0.25) is 14.9 Å². The molecule has 2 N–H and O–H groups in total. The molecule has 1 aliphatic carbocycles. The highest BCUT2D eigenvalue weighted by molar-refractivity contribution is 7.14. The quantitative estimate of drug-likeness (QED) is 0.817. The molecule has 6 nitrogen and oxygen atoms in total. The maximum Gasteiger partial charge on any atom is 0.257 e. The second-order valence-corrected chi connectivity index (χ2v) is 7.63. The molecule has 2 aromatic rings. The summed E-state index contributed by atoms with van der Waals surface area (Å²) < 4.78 is 0. The normalized spacial score (nSPS) is 19.5. The molecule has 1 aliphatic rings. The lowest BCUT2D eigenvalue weighted by Gasteiger charge is -2.26. The number of aromatic nitrogens is 1. The average molecular weight is 372 g/mol. The summed E-state index contributed by atoms with van der Waals surface area (Å²) in [5.74, 6) is -0.217. The van der Waals surface area contributed by atoms with Gasteiger partial charge in [0.15, 0.2) is 5.13 Å². The van der Waals surface area contributed by atoms with Crippen molar-refractivity contribution in [1.29, 1.82) is 0 Å². The van der Waals surface area contributed by atoms with Gasteiger partial charge < -0.3 is 10.2 Å². The predicted octanol–water partition coefficient (Wildman–Crippen LogP) is 2.54. The van der Waals surface area contributed by atoms with Crippen molar-refractivity contribution < 1.29 is 9.59 Å². The third-order valence-electron chi connectivity index (χ3n) is 4.64. The Hall–Kier alpha value is -2.25. The van der Waals surface area contributed by atoms with E-state index in [0.717, 1.165) is 19.3 Å². The zero-order valence-electron chi connectivity index (χ0n) is 15.1. The van der Waals surface area contributed by atoms with E-state index in [1.165, 1.54) is 11.3 Å². The number of carbonyl (C=O) groups excluding carboxylic acids is 2. The average Bonchev–Trinajstić information content (AvgIpc) is 3.25. The molecule has 1 saturated carbocycles. The molecular weight excluding hydrogens is 348 g/mol. The minimum atomic E-state index is -0.198. The molecule has 1 aromatic carbocycles. The van der Waals surface area contributed by atoms with Crippen LogP contribution in [-0.2, 0) is 11.2 Å². The van der Waals surface area contributed by atoms with E-state index in [2.05, 4.69) is 34.6 Å². The van der Waals surface area contributed by atoms with E-state index >= 15 is 0 Å². The Kier molecular flexibility index (Phi) is 6.00. The molecule has 2 atom stereocenters. The van der Waals surface area contributed by atoms with E-state index in [0.29, 0.717) is 22.4 Å². The van der Waals surface area contributed by atoms with Crippen LogP contribution >= 0.6 is 11.3 Å². The van der Waals surface area contributed by atoms with E-state index in [1.54, 1.807) is 12.1 Å². The van der Waals surface area contributed by atoms with Gasteiger partial charge in [-0.15, -0.1) is 11.3 Å². The van der Waals surface area contributed by atoms with Crippen molar-refractivity contribution in [3.05, 3.63) is 47.0 Å². The first kappa shape index (κ1) is 18.5. The summed E-state index contributed by atoms with van der Waals surface area (Å²) >= 11 is 1.33. The molecule has 0 spiro atoms. The molecular formula is C19H24N4O2S. The number of amides is 2. The Labute approximate surface area is 157 Å². The number of likely N-dealkylation sites (N-methyl/N-ethyl adjacent to an activating group) is 1. The van der Waals surface area contributed by atoms with Crippen molar-refractivity contribution in [3.63, 3.8) is 0 Å². The van der Waals surface area contributed by atoms with Crippen LogP contribution in [0.2, 0.25) is 0 Å². The molecule has 1 heterocycles. The number of carbonyl (C=O) groups is 2. The summed E-state index contributed by atoms with van der Waals surface area (Å²) in [6.45, 7) is 0. The van der Waals surface area contributed by atoms with Gasteiger partial charge in [-0.05, 0) is 45.5 Å². The number of benzene rings is 1. The molecule has 0 bridgehead atoms. The Morgan fingerprint density at radius 3 is 2.73 bits per heavy atom. The third-order valence-corrected chi connectivity index (χ3v) is 5.45. The molecule has 3 rings (SSSR count). The van der Waals surface area contributed by atoms with Gasteiger partial charge in [0.2, 0.25) is 5.91 Å². The van der Waals surface area contributed by atoms with E-state index in [4.69, 9.17) is 0 Å². The summed E-state index contributed by atoms with van der Waals surface area (Å²) in [7, 11) is 4.11. The minimum absolute atomic E-state index is 0.0185. The number of anilines is 1. The van der Waals surface area contributed by atoms with Crippen LogP contribution in [0.4, 0.5) is 5.13 Å². The monoisotopic (exact) mass is 372 g/mol. The van der Waals surface area contributed by atoms with Gasteiger partial charge >= 0.3 is 0 Å². The van der Waals surface area contributed by atoms with Crippen LogP contribution in [-0.4, -0.2) is 47.9 Å². The second-order valence-electron chi connectivity index (χ2n) is 6.78. The van der Waals surface area contributed by atoms with Crippen molar-refractivity contribution >= 4 is 28.3 Å². The molecule has 0 aliphatic heterocycles. The zero-order chi connectivity index (χ0) is 18.5. The van der Waals surface area contributed by atoms with E-state index in [9.17, 15) is 9.59 Å². The number of nitrogens with zero attached hydrogens (tertiary/aromatic N) is 2. The maximum absolute atomic E-state index is 12.3. The van der Waals surface area contributed by atoms with Crippen LogP contribution in [0.3, 0.4) is 0 Å². The Balaban J connectivity index is 1.53. The maximum atomic E-state index is 12.3. The third kappa shape index (κ3) is 4.68. The fraction of sp³-hybridized carbons (Fsp3) is 0.421. The Morgan fingerprint density at radius 1 is 1.23 bits per heavy atom. The molecule has 0 saturated heterocycles. The van der Waals surface area contributed by atoms with Crippen LogP contribution in [0.25, 0.3) is 0 Å². The van der Waals surface area contributed by atoms with Crippen LogP contribution in [0.5, 0.6) is 0 Å². The van der Waals surface area contributed by atoms with Crippen molar-refractivity contribution in [2.45, 2.75) is 37.8 Å². The second kappa shape index (κ2) is 8.42. The molecule has 138 valence electrons. The lowest BCUT2D eigenvalue weighted by Crippen LogP contribution is -2.46. The highest BCUT2D eigenvalue weighted by atomic mass is 32.1. The number of rotatable bonds is 6. The molecule has 2 amide bonds. The zero-order valence-corrected chi connectivity index (χ0v) is 15.9. The fourth-order valence-corrected chi connectivity index (χ4v) is 4.06. The molecule has 7 heteroatoms. The van der Waals surface area contributed by atoms with Crippen LogP contribution in [0, 0.1) is 0 Å². The Morgan fingerprint density at radius 2 is 2.00 bits per heavy atom. The fourth-order valence-electron chi connectivity index (χ4n) is 3.35. The van der Waals surface area contributed by atoms with Crippen molar-refractivity contribution in [1.82, 2.24) is 15.2 Å². The van der Waals surface area contributed by atoms with Gasteiger partial charge in [0.1, 0.15) is 0 Å². The highest BCUT2D eigenvalue weighted by Gasteiger charge is 2.30. The molecule has 0 unspecified atom stereocenters. The first-order valence-electron chi connectivity index (χ1n) is 8.79. The smallest absolute Gasteiger partial charge is 0.257 e. The van der Waals surface area contributed by atoms with Crippen molar-refractivity contribution in [3.8, 4) is 0 Å². The molecule has 0 radical (unpaired) electrons. The lowest BCUT2D eigenvalue weighted by molar-refractivity contribution is -0.121. The van der Waals surface area contributed by atoms with Crippen LogP contribution < -0.4 is 10.6 Å². The number of hydrogen-bond donors (Lipinski definition) is 2. The molecule has 1 aromatic heterocycles. The van der Waals surface area contributed by atoms with Crippen LogP contribution in [0.1, 0.15) is 35.3 Å². The number of nitrogens with one attached hydrogen (secondary N) is 2. The van der Waals surface area contributed by atoms with Gasteiger partial charge in [0.25, 0.3) is 5.91 Å². The van der Waals surface area contributed by atoms with Gasteiger partial charge in [-0.1, -0.05) is 18.2 Å². The van der Waals surface area contributed by atoms with Gasteiger partial charge in [-0.2, -0.15) is 0 Å². The van der Waals surface area contributed by atoms with E-state index in [-0.39, 0.29) is 24.3 Å². The van der Waals surface area contributed by atoms with Crippen molar-refractivity contribution in [2.75, 3.05) is 19.4 Å². The minimum Gasteiger partial charge on any atom is -0.351 e. The van der Waals surface area contributed by atoms with E-state index in [1.807, 2.05) is 23.6 Å². The molecule has 1 fully saturated rings.